The van der Waals surface area contributed by atoms with E-state index in [9.17, 15) is 4.79 Å². The van der Waals surface area contributed by atoms with Gasteiger partial charge in [-0.3, -0.25) is 9.48 Å². The van der Waals surface area contributed by atoms with Gasteiger partial charge in [0.15, 0.2) is 0 Å². The Hall–Kier alpha value is -2.18. The van der Waals surface area contributed by atoms with Crippen LogP contribution >= 0.6 is 22.9 Å². The van der Waals surface area contributed by atoms with Crippen LogP contribution in [-0.2, 0) is 6.54 Å². The minimum absolute atomic E-state index is 0.312. The Morgan fingerprint density at radius 2 is 2.26 bits per heavy atom. The van der Waals surface area contributed by atoms with Crippen molar-refractivity contribution < 1.29 is 4.79 Å². The molecular formula is C16H15ClN4OS. The molecule has 0 aliphatic rings. The topological polar surface area (TPSA) is 59.3 Å². The number of fused-ring (bicyclic) bond motifs is 1. The summed E-state index contributed by atoms with van der Waals surface area (Å²) >= 11 is 7.63. The van der Waals surface area contributed by atoms with Gasteiger partial charge in [0.2, 0.25) is 0 Å². The van der Waals surface area contributed by atoms with Crippen LogP contribution in [0.4, 0.5) is 0 Å². The van der Waals surface area contributed by atoms with Gasteiger partial charge >= 0.3 is 0 Å². The summed E-state index contributed by atoms with van der Waals surface area (Å²) in [5.74, 6) is -0.312. The number of carbonyl (C=O) groups excluding carboxylic acids is 1. The fraction of sp³-hybridized carbons (Fsp3) is 0.188. The lowest BCUT2D eigenvalue weighted by Crippen LogP contribution is -2.16. The minimum atomic E-state index is -0.312. The molecule has 3 aromatic rings. The lowest BCUT2D eigenvalue weighted by Gasteiger charge is -1.99. The van der Waals surface area contributed by atoms with Gasteiger partial charge in [-0.2, -0.15) is 10.2 Å². The Balaban J connectivity index is 1.77. The summed E-state index contributed by atoms with van der Waals surface area (Å²) in [7, 11) is 0. The zero-order valence-electron chi connectivity index (χ0n) is 12.7. The zero-order valence-corrected chi connectivity index (χ0v) is 14.3. The maximum Gasteiger partial charge on any atom is 0.283 e. The maximum atomic E-state index is 12.3. The van der Waals surface area contributed by atoms with Crippen LogP contribution in [0.3, 0.4) is 0 Å². The Bertz CT molecular complexity index is 897. The molecule has 2 aromatic heterocycles. The van der Waals surface area contributed by atoms with Crippen molar-refractivity contribution in [2.24, 2.45) is 5.10 Å². The normalized spacial score (nSPS) is 11.4. The summed E-state index contributed by atoms with van der Waals surface area (Å²) in [5.41, 5.74) is 4.40. The lowest BCUT2D eigenvalue weighted by atomic mass is 10.2. The van der Waals surface area contributed by atoms with Gasteiger partial charge in [0.1, 0.15) is 4.88 Å². The summed E-state index contributed by atoms with van der Waals surface area (Å²) < 4.78 is 2.85. The second kappa shape index (κ2) is 6.52. The fourth-order valence-electron chi connectivity index (χ4n) is 2.28. The van der Waals surface area contributed by atoms with Crippen LogP contribution in [0.1, 0.15) is 27.9 Å². The number of hydrogen-bond acceptors (Lipinski definition) is 4. The second-order valence-corrected chi connectivity index (χ2v) is 6.37. The molecule has 2 heterocycles. The molecule has 0 saturated carbocycles. The van der Waals surface area contributed by atoms with Crippen LogP contribution in [-0.4, -0.2) is 21.9 Å². The molecule has 7 heteroatoms. The predicted molar refractivity (Wildman–Crippen MR) is 94.5 cm³/mol. The number of nitrogens with zero attached hydrogens (tertiary/aromatic N) is 3. The number of aromatic nitrogens is 2. The SMILES string of the molecule is CCn1ncc(C=NNC(=O)c2sc3ccccc3c2Cl)c1C. The number of benzene rings is 1. The maximum absolute atomic E-state index is 12.3. The predicted octanol–water partition coefficient (Wildman–Crippen LogP) is 3.84. The number of amides is 1. The number of thiophene rings is 1. The summed E-state index contributed by atoms with van der Waals surface area (Å²) in [5, 5.41) is 9.58. The molecule has 1 aromatic carbocycles. The first-order valence-electron chi connectivity index (χ1n) is 7.14. The van der Waals surface area contributed by atoms with Crippen LogP contribution < -0.4 is 5.43 Å². The highest BCUT2D eigenvalue weighted by Crippen LogP contribution is 2.34. The van der Waals surface area contributed by atoms with Gasteiger partial charge < -0.3 is 0 Å². The molecule has 5 nitrogen and oxygen atoms in total. The molecule has 0 bridgehead atoms. The Morgan fingerprint density at radius 3 is 2.96 bits per heavy atom. The highest BCUT2D eigenvalue weighted by atomic mass is 35.5. The van der Waals surface area contributed by atoms with Crippen molar-refractivity contribution in [1.29, 1.82) is 0 Å². The summed E-state index contributed by atoms with van der Waals surface area (Å²) in [6.07, 6.45) is 3.31. The van der Waals surface area contributed by atoms with Gasteiger partial charge in [-0.05, 0) is 19.9 Å². The number of aryl methyl sites for hydroxylation is 1. The first kappa shape index (κ1) is 15.7. The van der Waals surface area contributed by atoms with E-state index in [1.54, 1.807) is 12.4 Å². The molecule has 3 rings (SSSR count). The van der Waals surface area contributed by atoms with E-state index in [4.69, 9.17) is 11.6 Å². The van der Waals surface area contributed by atoms with Crippen molar-refractivity contribution in [2.75, 3.05) is 0 Å². The molecule has 0 atom stereocenters. The number of hydrogen-bond donors (Lipinski definition) is 1. The zero-order chi connectivity index (χ0) is 16.4. The Morgan fingerprint density at radius 1 is 1.48 bits per heavy atom. The van der Waals surface area contributed by atoms with Crippen molar-refractivity contribution in [2.45, 2.75) is 20.4 Å². The first-order chi connectivity index (χ1) is 11.1. The van der Waals surface area contributed by atoms with Crippen molar-refractivity contribution >= 4 is 45.1 Å². The molecule has 118 valence electrons. The van der Waals surface area contributed by atoms with Gasteiger partial charge in [0.25, 0.3) is 5.91 Å². The fourth-order valence-corrected chi connectivity index (χ4v) is 3.68. The molecule has 0 radical (unpaired) electrons. The van der Waals surface area contributed by atoms with Crippen molar-refractivity contribution in [3.8, 4) is 0 Å². The van der Waals surface area contributed by atoms with E-state index in [0.29, 0.717) is 9.90 Å². The molecule has 0 unspecified atom stereocenters. The third kappa shape index (κ3) is 3.00. The van der Waals surface area contributed by atoms with Crippen molar-refractivity contribution in [1.82, 2.24) is 15.2 Å². The van der Waals surface area contributed by atoms with E-state index in [1.165, 1.54) is 11.3 Å². The lowest BCUT2D eigenvalue weighted by molar-refractivity contribution is 0.0959. The van der Waals surface area contributed by atoms with Crippen LogP contribution in [0, 0.1) is 6.92 Å². The third-order valence-corrected chi connectivity index (χ3v) is 5.23. The third-order valence-electron chi connectivity index (χ3n) is 3.55. The molecule has 0 fully saturated rings. The highest BCUT2D eigenvalue weighted by molar-refractivity contribution is 7.21. The molecular weight excluding hydrogens is 332 g/mol. The number of halogens is 1. The number of rotatable bonds is 4. The molecule has 0 spiro atoms. The molecule has 0 aliphatic heterocycles. The van der Waals surface area contributed by atoms with Crippen molar-refractivity contribution in [3.05, 3.63) is 51.6 Å². The van der Waals surface area contributed by atoms with Crippen LogP contribution in [0.15, 0.2) is 35.6 Å². The van der Waals surface area contributed by atoms with E-state index in [1.807, 2.05) is 42.8 Å². The van der Waals surface area contributed by atoms with Crippen molar-refractivity contribution in [3.63, 3.8) is 0 Å². The van der Waals surface area contributed by atoms with Crippen LogP contribution in [0.5, 0.6) is 0 Å². The van der Waals surface area contributed by atoms with Gasteiger partial charge in [-0.1, -0.05) is 29.8 Å². The Labute approximate surface area is 142 Å². The van der Waals surface area contributed by atoms with Gasteiger partial charge in [-0.25, -0.2) is 5.43 Å². The molecule has 0 aliphatic carbocycles. The van der Waals surface area contributed by atoms with Crippen LogP contribution in [0.25, 0.3) is 10.1 Å². The van der Waals surface area contributed by atoms with E-state index in [0.717, 1.165) is 27.9 Å². The summed E-state index contributed by atoms with van der Waals surface area (Å²) in [6.45, 7) is 4.78. The summed E-state index contributed by atoms with van der Waals surface area (Å²) in [6, 6.07) is 7.66. The number of nitrogens with one attached hydrogen (secondary N) is 1. The molecule has 0 saturated heterocycles. The number of carbonyl (C=O) groups is 1. The number of hydrazone groups is 1. The minimum Gasteiger partial charge on any atom is -0.269 e. The quantitative estimate of drug-likeness (QED) is 0.576. The van der Waals surface area contributed by atoms with E-state index in [-0.39, 0.29) is 5.91 Å². The molecule has 1 N–H and O–H groups in total. The molecule has 1 amide bonds. The summed E-state index contributed by atoms with van der Waals surface area (Å²) in [4.78, 5) is 12.7. The average molecular weight is 347 g/mol. The van der Waals surface area contributed by atoms with Gasteiger partial charge in [-0.15, -0.1) is 11.3 Å². The standard InChI is InChI=1S/C16H15ClN4OS/c1-3-21-10(2)11(9-19-21)8-18-20-16(22)15-14(17)12-6-4-5-7-13(12)23-15/h4-9H,3H2,1-2H3,(H,20,22). The average Bonchev–Trinajstić information content (AvgIpc) is 3.08. The van der Waals surface area contributed by atoms with Gasteiger partial charge in [0.05, 0.1) is 17.4 Å². The van der Waals surface area contributed by atoms with Crippen LogP contribution in [0.2, 0.25) is 5.02 Å². The second-order valence-electron chi connectivity index (χ2n) is 4.94. The van der Waals surface area contributed by atoms with E-state index < -0.39 is 0 Å². The van der Waals surface area contributed by atoms with Gasteiger partial charge in [0, 0.05) is 27.9 Å². The first-order valence-corrected chi connectivity index (χ1v) is 8.34. The monoisotopic (exact) mass is 346 g/mol. The highest BCUT2D eigenvalue weighted by Gasteiger charge is 2.16. The largest absolute Gasteiger partial charge is 0.283 e. The molecule has 23 heavy (non-hydrogen) atoms. The smallest absolute Gasteiger partial charge is 0.269 e. The van der Waals surface area contributed by atoms with E-state index in [2.05, 4.69) is 15.6 Å². The Kier molecular flexibility index (Phi) is 4.45. The van der Waals surface area contributed by atoms with E-state index >= 15 is 0 Å².